The van der Waals surface area contributed by atoms with E-state index >= 15 is 8.78 Å². The molecule has 1 aromatic heterocycles. The van der Waals surface area contributed by atoms with Crippen LogP contribution in [0.1, 0.15) is 84.6 Å². The highest BCUT2D eigenvalue weighted by atomic mass is 19.4. The van der Waals surface area contributed by atoms with Crippen LogP contribution in [-0.2, 0) is 28.4 Å². The third-order valence-electron chi connectivity index (χ3n) is 9.17. The highest BCUT2D eigenvalue weighted by Crippen LogP contribution is 2.42. The number of aryl methyl sites for hydroxylation is 3. The van der Waals surface area contributed by atoms with E-state index in [0.717, 1.165) is 10.8 Å². The highest BCUT2D eigenvalue weighted by molar-refractivity contribution is 5.82. The number of rotatable bonds is 12. The van der Waals surface area contributed by atoms with Crippen LogP contribution in [0.5, 0.6) is 0 Å². The van der Waals surface area contributed by atoms with E-state index in [1.165, 1.54) is 13.8 Å². The molecular formula is C37H41F8N3O4. The molecule has 2 aromatic carbocycles. The normalized spacial score (nSPS) is 15.4. The average Bonchev–Trinajstić information content (AvgIpc) is 2.97. The molecule has 15 heteroatoms. The Labute approximate surface area is 295 Å². The number of pyridine rings is 1. The summed E-state index contributed by atoms with van der Waals surface area (Å²) in [6.07, 6.45) is -11.0. The number of nitrogens with one attached hydrogen (secondary N) is 1. The van der Waals surface area contributed by atoms with Crippen molar-refractivity contribution in [3.8, 4) is 11.1 Å². The van der Waals surface area contributed by atoms with Crippen molar-refractivity contribution in [2.75, 3.05) is 19.6 Å². The summed E-state index contributed by atoms with van der Waals surface area (Å²) >= 11 is 0. The number of nitrogens with zero attached hydrogens (tertiary/aromatic N) is 2. The van der Waals surface area contributed by atoms with Gasteiger partial charge in [-0.3, -0.25) is 14.4 Å². The Morgan fingerprint density at radius 1 is 0.923 bits per heavy atom. The molecule has 0 saturated carbocycles. The number of likely N-dealkylation sites (tertiary alicyclic amines) is 1. The lowest BCUT2D eigenvalue weighted by Crippen LogP contribution is -2.46. The van der Waals surface area contributed by atoms with Crippen molar-refractivity contribution >= 4 is 11.9 Å². The van der Waals surface area contributed by atoms with Crippen molar-refractivity contribution in [1.29, 1.82) is 0 Å². The lowest BCUT2D eigenvalue weighted by atomic mass is 9.88. The molecule has 0 radical (unpaired) electrons. The molecule has 7 nitrogen and oxygen atoms in total. The van der Waals surface area contributed by atoms with Crippen LogP contribution in [0.25, 0.3) is 11.1 Å². The number of carboxylic acid groups (broad SMARTS) is 1. The highest BCUT2D eigenvalue weighted by Gasteiger charge is 2.41. The van der Waals surface area contributed by atoms with Gasteiger partial charge in [-0.05, 0) is 73.8 Å². The average molecular weight is 744 g/mol. The van der Waals surface area contributed by atoms with Gasteiger partial charge in [-0.2, -0.15) is 26.3 Å². The van der Waals surface area contributed by atoms with Crippen molar-refractivity contribution in [3.05, 3.63) is 91.4 Å². The molecule has 2 unspecified atom stereocenters. The second-order valence-electron chi connectivity index (χ2n) is 14.2. The summed E-state index contributed by atoms with van der Waals surface area (Å²) in [7, 11) is 0. The predicted octanol–water partition coefficient (Wildman–Crippen LogP) is 8.17. The molecule has 284 valence electrons. The number of amides is 1. The number of benzene rings is 2. The van der Waals surface area contributed by atoms with Crippen molar-refractivity contribution in [2.45, 2.75) is 85.2 Å². The molecule has 3 aromatic rings. The van der Waals surface area contributed by atoms with Crippen molar-refractivity contribution in [2.24, 2.45) is 11.8 Å². The predicted molar refractivity (Wildman–Crippen MR) is 178 cm³/mol. The van der Waals surface area contributed by atoms with Crippen LogP contribution < -0.4 is 10.9 Å². The molecule has 1 aliphatic rings. The van der Waals surface area contributed by atoms with Crippen molar-refractivity contribution in [3.63, 3.8) is 0 Å². The van der Waals surface area contributed by atoms with Gasteiger partial charge in [0.25, 0.3) is 5.56 Å². The van der Waals surface area contributed by atoms with Gasteiger partial charge in [0.2, 0.25) is 5.91 Å². The Hall–Kier alpha value is -4.27. The monoisotopic (exact) mass is 743 g/mol. The SMILES string of the molecule is Cc1cc(C)c(-c2cc(C(F)(F)F)c(F)c(C(CC(=O)O)NC(=O)C(CC(C)C)n3cc(CCN4CC(C)C4)c(C(F)(F)F)cc3=O)c2F)c(C)c1. The lowest BCUT2D eigenvalue weighted by Gasteiger charge is -2.37. The first kappa shape index (κ1) is 40.5. The summed E-state index contributed by atoms with van der Waals surface area (Å²) in [6.45, 7) is 11.5. The van der Waals surface area contributed by atoms with Crippen LogP contribution in [0.3, 0.4) is 0 Å². The van der Waals surface area contributed by atoms with Gasteiger partial charge >= 0.3 is 18.3 Å². The van der Waals surface area contributed by atoms with E-state index in [4.69, 9.17) is 0 Å². The molecule has 1 aliphatic heterocycles. The van der Waals surface area contributed by atoms with Gasteiger partial charge in [0.1, 0.15) is 17.7 Å². The third kappa shape index (κ3) is 9.02. The maximum Gasteiger partial charge on any atom is 0.419 e. The van der Waals surface area contributed by atoms with Crippen LogP contribution in [0.15, 0.2) is 35.3 Å². The molecule has 1 fully saturated rings. The molecule has 1 saturated heterocycles. The van der Waals surface area contributed by atoms with Gasteiger partial charge < -0.3 is 19.9 Å². The van der Waals surface area contributed by atoms with E-state index in [-0.39, 0.29) is 30.5 Å². The number of alkyl halides is 6. The van der Waals surface area contributed by atoms with Gasteiger partial charge in [0.05, 0.1) is 23.6 Å². The first-order valence-electron chi connectivity index (χ1n) is 16.7. The van der Waals surface area contributed by atoms with Crippen LogP contribution >= 0.6 is 0 Å². The number of aromatic nitrogens is 1. The second kappa shape index (κ2) is 15.4. The molecular weight excluding hydrogens is 702 g/mol. The Morgan fingerprint density at radius 2 is 1.50 bits per heavy atom. The molecule has 4 rings (SSSR count). The summed E-state index contributed by atoms with van der Waals surface area (Å²) in [4.78, 5) is 41.2. The summed E-state index contributed by atoms with van der Waals surface area (Å²) in [5.74, 6) is -6.69. The largest absolute Gasteiger partial charge is 0.481 e. The first-order valence-corrected chi connectivity index (χ1v) is 16.7. The molecule has 2 N–H and O–H groups in total. The molecule has 0 bridgehead atoms. The first-order chi connectivity index (χ1) is 24.0. The van der Waals surface area contributed by atoms with Crippen LogP contribution in [0, 0.1) is 44.2 Å². The van der Waals surface area contributed by atoms with E-state index in [1.807, 2.05) is 11.8 Å². The van der Waals surface area contributed by atoms with Gasteiger partial charge in [0.15, 0.2) is 0 Å². The zero-order valence-corrected chi connectivity index (χ0v) is 29.5. The number of aliphatic carboxylic acids is 1. The third-order valence-corrected chi connectivity index (χ3v) is 9.17. The molecule has 0 spiro atoms. The van der Waals surface area contributed by atoms with Crippen LogP contribution in [-0.4, -0.2) is 46.1 Å². The summed E-state index contributed by atoms with van der Waals surface area (Å²) in [5.41, 5.74) is -5.26. The fourth-order valence-electron chi connectivity index (χ4n) is 7.01. The molecule has 0 aliphatic carbocycles. The van der Waals surface area contributed by atoms with Gasteiger partial charge in [-0.1, -0.05) is 38.5 Å². The molecule has 52 heavy (non-hydrogen) atoms. The van der Waals surface area contributed by atoms with E-state index in [0.29, 0.717) is 47.8 Å². The summed E-state index contributed by atoms with van der Waals surface area (Å²) in [5, 5.41) is 11.9. The Bertz CT molecular complexity index is 1870. The van der Waals surface area contributed by atoms with E-state index < -0.39 is 88.1 Å². The van der Waals surface area contributed by atoms with E-state index in [2.05, 4.69) is 5.32 Å². The number of carboxylic acids is 1. The number of hydrogen-bond acceptors (Lipinski definition) is 4. The maximum atomic E-state index is 16.5. The number of halogens is 8. The molecule has 2 heterocycles. The minimum Gasteiger partial charge on any atom is -0.481 e. The lowest BCUT2D eigenvalue weighted by molar-refractivity contribution is -0.140. The number of hydrogen-bond donors (Lipinski definition) is 2. The van der Waals surface area contributed by atoms with E-state index in [1.54, 1.807) is 32.9 Å². The second-order valence-corrected chi connectivity index (χ2v) is 14.2. The van der Waals surface area contributed by atoms with Crippen LogP contribution in [0.2, 0.25) is 0 Å². The molecule has 2 atom stereocenters. The zero-order valence-electron chi connectivity index (χ0n) is 29.5. The minimum atomic E-state index is -5.37. The number of carbonyl (C=O) groups excluding carboxylic acids is 1. The zero-order chi connectivity index (χ0) is 39.0. The van der Waals surface area contributed by atoms with Gasteiger partial charge in [0, 0.05) is 43.0 Å². The number of carbonyl (C=O) groups is 2. The summed E-state index contributed by atoms with van der Waals surface area (Å²) in [6, 6.07) is -0.0639. The van der Waals surface area contributed by atoms with Gasteiger partial charge in [-0.15, -0.1) is 0 Å². The Balaban J connectivity index is 1.87. The fourth-order valence-corrected chi connectivity index (χ4v) is 7.01. The topological polar surface area (TPSA) is 91.6 Å². The van der Waals surface area contributed by atoms with Crippen molar-refractivity contribution < 1.29 is 49.8 Å². The van der Waals surface area contributed by atoms with Crippen LogP contribution in [0.4, 0.5) is 35.1 Å². The van der Waals surface area contributed by atoms with E-state index in [9.17, 15) is 45.8 Å². The molecule has 1 amide bonds. The Morgan fingerprint density at radius 3 is 2.00 bits per heavy atom. The minimum absolute atomic E-state index is 0.00413. The standard InChI is InChI=1S/C37H41F8N3O4/c1-18(2)9-28(48-17-23(7-8-47-15-20(4)16-47)25(13-29(48)49)36(40,41)42)35(52)46-27(14-30(50)51)32-33(38)24(12-26(34(32)39)37(43,44)45)31-21(5)10-19(3)11-22(31)6/h10-13,17-18,20,27-28H,7-9,14-16H2,1-6H3,(H,46,52)(H,50,51). The van der Waals surface area contributed by atoms with Gasteiger partial charge in [-0.25, -0.2) is 8.78 Å². The summed E-state index contributed by atoms with van der Waals surface area (Å²) < 4.78 is 118. The van der Waals surface area contributed by atoms with Crippen molar-refractivity contribution in [1.82, 2.24) is 14.8 Å². The fraction of sp³-hybridized carbons (Fsp3) is 0.486. The maximum absolute atomic E-state index is 16.5. The Kier molecular flexibility index (Phi) is 12.0. The quantitative estimate of drug-likeness (QED) is 0.183. The smallest absolute Gasteiger partial charge is 0.419 e.